The number of carbonyl (C=O) groups excluding carboxylic acids is 1. The topological polar surface area (TPSA) is 78.4 Å². The molecule has 5 heteroatoms. The summed E-state index contributed by atoms with van der Waals surface area (Å²) in [6.07, 6.45) is 0.987. The summed E-state index contributed by atoms with van der Waals surface area (Å²) in [4.78, 5) is 22.3. The third kappa shape index (κ3) is 4.86. The maximum absolute atomic E-state index is 11.3. The van der Waals surface area contributed by atoms with Crippen LogP contribution >= 0.6 is 0 Å². The van der Waals surface area contributed by atoms with Gasteiger partial charge in [-0.2, -0.15) is 0 Å². The van der Waals surface area contributed by atoms with E-state index in [0.717, 1.165) is 5.56 Å². The van der Waals surface area contributed by atoms with Crippen molar-refractivity contribution >= 4 is 12.0 Å². The first-order chi connectivity index (χ1) is 8.63. The highest BCUT2D eigenvalue weighted by Crippen LogP contribution is 2.05. The van der Waals surface area contributed by atoms with Gasteiger partial charge in [0.05, 0.1) is 0 Å². The van der Waals surface area contributed by atoms with Crippen LogP contribution in [0.4, 0.5) is 4.79 Å². The molecule has 0 aliphatic carbocycles. The SMILES string of the molecule is CCNC(=O)N[C@@H](CCc1ccccc1)C(=O)O. The predicted octanol–water partition coefficient (Wildman–Crippen LogP) is 1.39. The lowest BCUT2D eigenvalue weighted by Crippen LogP contribution is -2.46. The quantitative estimate of drug-likeness (QED) is 0.714. The Balaban J connectivity index is 2.48. The fraction of sp³-hybridized carbons (Fsp3) is 0.385. The molecule has 0 aromatic heterocycles. The number of hydrogen-bond donors (Lipinski definition) is 3. The van der Waals surface area contributed by atoms with E-state index >= 15 is 0 Å². The van der Waals surface area contributed by atoms with Crippen molar-refractivity contribution in [3.05, 3.63) is 35.9 Å². The van der Waals surface area contributed by atoms with Gasteiger partial charge in [-0.1, -0.05) is 30.3 Å². The molecule has 3 N–H and O–H groups in total. The number of aliphatic carboxylic acids is 1. The summed E-state index contributed by atoms with van der Waals surface area (Å²) in [5.74, 6) is -1.02. The Hall–Kier alpha value is -2.04. The van der Waals surface area contributed by atoms with Crippen LogP contribution < -0.4 is 10.6 Å². The zero-order valence-corrected chi connectivity index (χ0v) is 10.3. The zero-order chi connectivity index (χ0) is 13.4. The van der Waals surface area contributed by atoms with Crippen LogP contribution in [0, 0.1) is 0 Å². The molecule has 1 aromatic carbocycles. The van der Waals surface area contributed by atoms with E-state index in [1.165, 1.54) is 0 Å². The molecule has 98 valence electrons. The van der Waals surface area contributed by atoms with Crippen molar-refractivity contribution in [3.8, 4) is 0 Å². The number of rotatable bonds is 6. The van der Waals surface area contributed by atoms with E-state index in [0.29, 0.717) is 19.4 Å². The van der Waals surface area contributed by atoms with Gasteiger partial charge in [0.25, 0.3) is 0 Å². The summed E-state index contributed by atoms with van der Waals surface area (Å²) in [6, 6.07) is 8.28. The van der Waals surface area contributed by atoms with Crippen molar-refractivity contribution in [3.63, 3.8) is 0 Å². The van der Waals surface area contributed by atoms with Gasteiger partial charge in [-0.25, -0.2) is 9.59 Å². The molecule has 0 bridgehead atoms. The van der Waals surface area contributed by atoms with E-state index < -0.39 is 18.0 Å². The zero-order valence-electron chi connectivity index (χ0n) is 10.3. The van der Waals surface area contributed by atoms with Gasteiger partial charge in [-0.3, -0.25) is 0 Å². The fourth-order valence-corrected chi connectivity index (χ4v) is 1.58. The second-order valence-corrected chi connectivity index (χ2v) is 3.92. The van der Waals surface area contributed by atoms with E-state index in [4.69, 9.17) is 5.11 Å². The van der Waals surface area contributed by atoms with E-state index in [2.05, 4.69) is 10.6 Å². The van der Waals surface area contributed by atoms with Crippen LogP contribution in [0.15, 0.2) is 30.3 Å². The second-order valence-electron chi connectivity index (χ2n) is 3.92. The Kier molecular flexibility index (Phi) is 5.70. The minimum Gasteiger partial charge on any atom is -0.480 e. The lowest BCUT2D eigenvalue weighted by atomic mass is 10.1. The number of carboxylic acids is 1. The molecular formula is C13H18N2O3. The number of carbonyl (C=O) groups is 2. The summed E-state index contributed by atoms with van der Waals surface area (Å²) in [7, 11) is 0. The largest absolute Gasteiger partial charge is 0.480 e. The smallest absolute Gasteiger partial charge is 0.326 e. The molecule has 0 saturated heterocycles. The molecule has 0 unspecified atom stereocenters. The molecule has 1 rings (SSSR count). The summed E-state index contributed by atoms with van der Waals surface area (Å²) in [6.45, 7) is 2.25. The lowest BCUT2D eigenvalue weighted by molar-refractivity contribution is -0.139. The Labute approximate surface area is 106 Å². The number of carboxylic acid groups (broad SMARTS) is 1. The molecule has 1 aromatic rings. The summed E-state index contributed by atoms with van der Waals surface area (Å²) >= 11 is 0. The molecule has 0 spiro atoms. The molecular weight excluding hydrogens is 232 g/mol. The van der Waals surface area contributed by atoms with Gasteiger partial charge in [0.15, 0.2) is 0 Å². The van der Waals surface area contributed by atoms with Crippen molar-refractivity contribution in [2.24, 2.45) is 0 Å². The normalized spacial score (nSPS) is 11.6. The van der Waals surface area contributed by atoms with Gasteiger partial charge in [-0.05, 0) is 25.3 Å². The minimum absolute atomic E-state index is 0.372. The molecule has 1 atom stereocenters. The Morgan fingerprint density at radius 3 is 2.50 bits per heavy atom. The van der Waals surface area contributed by atoms with Crippen LogP contribution in [0.1, 0.15) is 18.9 Å². The number of nitrogens with one attached hydrogen (secondary N) is 2. The molecule has 0 heterocycles. The van der Waals surface area contributed by atoms with Gasteiger partial charge in [0.2, 0.25) is 0 Å². The third-order valence-electron chi connectivity index (χ3n) is 2.51. The second kappa shape index (κ2) is 7.32. The monoisotopic (exact) mass is 250 g/mol. The molecule has 0 aliphatic heterocycles. The molecule has 18 heavy (non-hydrogen) atoms. The van der Waals surface area contributed by atoms with E-state index in [1.807, 2.05) is 30.3 Å². The van der Waals surface area contributed by atoms with Crippen LogP contribution in [0.25, 0.3) is 0 Å². The minimum atomic E-state index is -1.02. The predicted molar refractivity (Wildman–Crippen MR) is 68.4 cm³/mol. The highest BCUT2D eigenvalue weighted by atomic mass is 16.4. The number of benzene rings is 1. The van der Waals surface area contributed by atoms with E-state index in [1.54, 1.807) is 6.92 Å². The summed E-state index contributed by atoms with van der Waals surface area (Å²) < 4.78 is 0. The van der Waals surface area contributed by atoms with Gasteiger partial charge in [0.1, 0.15) is 6.04 Å². The average molecular weight is 250 g/mol. The van der Waals surface area contributed by atoms with Gasteiger partial charge < -0.3 is 15.7 Å². The van der Waals surface area contributed by atoms with Crippen molar-refractivity contribution in [1.82, 2.24) is 10.6 Å². The summed E-state index contributed by atoms with van der Waals surface area (Å²) in [5.41, 5.74) is 1.06. The maximum Gasteiger partial charge on any atom is 0.326 e. The Morgan fingerprint density at radius 1 is 1.28 bits per heavy atom. The van der Waals surface area contributed by atoms with Gasteiger partial charge in [-0.15, -0.1) is 0 Å². The van der Waals surface area contributed by atoms with Crippen molar-refractivity contribution in [2.75, 3.05) is 6.54 Å². The number of aryl methyl sites for hydroxylation is 1. The maximum atomic E-state index is 11.3. The van der Waals surface area contributed by atoms with Crippen LogP contribution in [-0.4, -0.2) is 29.7 Å². The van der Waals surface area contributed by atoms with Crippen LogP contribution in [0.5, 0.6) is 0 Å². The van der Waals surface area contributed by atoms with Crippen molar-refractivity contribution < 1.29 is 14.7 Å². The van der Waals surface area contributed by atoms with Crippen LogP contribution in [0.2, 0.25) is 0 Å². The van der Waals surface area contributed by atoms with E-state index in [-0.39, 0.29) is 0 Å². The highest BCUT2D eigenvalue weighted by molar-refractivity contribution is 5.82. The summed E-state index contributed by atoms with van der Waals surface area (Å²) in [5, 5.41) is 14.0. The molecule has 5 nitrogen and oxygen atoms in total. The van der Waals surface area contributed by atoms with Crippen LogP contribution in [0.3, 0.4) is 0 Å². The first-order valence-corrected chi connectivity index (χ1v) is 5.94. The standard InChI is InChI=1S/C13H18N2O3/c1-2-14-13(18)15-11(12(16)17)9-8-10-6-4-3-5-7-10/h3-7,11H,2,8-9H2,1H3,(H,16,17)(H2,14,15,18)/t11-/m0/s1. The molecule has 0 aliphatic rings. The van der Waals surface area contributed by atoms with Crippen LogP contribution in [-0.2, 0) is 11.2 Å². The number of amides is 2. The van der Waals surface area contributed by atoms with Crippen molar-refractivity contribution in [1.29, 1.82) is 0 Å². The van der Waals surface area contributed by atoms with E-state index in [9.17, 15) is 9.59 Å². The Bertz CT molecular complexity index is 392. The molecule has 0 radical (unpaired) electrons. The van der Waals surface area contributed by atoms with Gasteiger partial charge in [0, 0.05) is 6.54 Å². The lowest BCUT2D eigenvalue weighted by Gasteiger charge is -2.14. The van der Waals surface area contributed by atoms with Gasteiger partial charge >= 0.3 is 12.0 Å². The highest BCUT2D eigenvalue weighted by Gasteiger charge is 2.19. The fourth-order valence-electron chi connectivity index (χ4n) is 1.58. The Morgan fingerprint density at radius 2 is 1.94 bits per heavy atom. The first-order valence-electron chi connectivity index (χ1n) is 5.94. The third-order valence-corrected chi connectivity index (χ3v) is 2.51. The molecule has 0 fully saturated rings. The molecule has 2 amide bonds. The number of hydrogen-bond acceptors (Lipinski definition) is 2. The van der Waals surface area contributed by atoms with Crippen molar-refractivity contribution in [2.45, 2.75) is 25.8 Å². The average Bonchev–Trinajstić information content (AvgIpc) is 2.35. The number of urea groups is 1. The first kappa shape index (κ1) is 14.0. The molecule has 0 saturated carbocycles.